The van der Waals surface area contributed by atoms with Crippen LogP contribution in [-0.4, -0.2) is 31.4 Å². The zero-order valence-electron chi connectivity index (χ0n) is 13.5. The molecule has 2 atom stereocenters. The first-order chi connectivity index (χ1) is 12.1. The normalized spacial score (nSPS) is 22.4. The molecule has 0 radical (unpaired) electrons. The van der Waals surface area contributed by atoms with Crippen molar-refractivity contribution in [3.63, 3.8) is 0 Å². The van der Waals surface area contributed by atoms with Crippen LogP contribution in [0.2, 0.25) is 5.02 Å². The van der Waals surface area contributed by atoms with Crippen molar-refractivity contribution in [1.82, 2.24) is 5.32 Å². The van der Waals surface area contributed by atoms with Crippen molar-refractivity contribution < 1.29 is 14.0 Å². The highest BCUT2D eigenvalue weighted by molar-refractivity contribution is 6.33. The summed E-state index contributed by atoms with van der Waals surface area (Å²) in [5.74, 6) is 0.920. The van der Waals surface area contributed by atoms with Gasteiger partial charge in [-0.1, -0.05) is 11.6 Å². The first-order valence-corrected chi connectivity index (χ1v) is 8.65. The number of piperazine rings is 1. The average molecular weight is 360 g/mol. The van der Waals surface area contributed by atoms with Gasteiger partial charge in [-0.05, 0) is 36.8 Å². The van der Waals surface area contributed by atoms with E-state index in [1.54, 1.807) is 12.3 Å². The molecule has 1 aromatic heterocycles. The zero-order valence-corrected chi connectivity index (χ0v) is 14.3. The van der Waals surface area contributed by atoms with Crippen LogP contribution in [0.1, 0.15) is 18.1 Å². The minimum Gasteiger partial charge on any atom is -0.469 e. The van der Waals surface area contributed by atoms with Crippen molar-refractivity contribution >= 4 is 34.8 Å². The summed E-state index contributed by atoms with van der Waals surface area (Å²) in [6.45, 7) is 1.60. The van der Waals surface area contributed by atoms with Crippen molar-refractivity contribution in [2.75, 3.05) is 29.9 Å². The molecule has 4 rings (SSSR count). The summed E-state index contributed by atoms with van der Waals surface area (Å²) in [4.78, 5) is 25.8. The monoisotopic (exact) mass is 359 g/mol. The lowest BCUT2D eigenvalue weighted by atomic mass is 10.2. The Balaban J connectivity index is 1.41. The third-order valence-corrected chi connectivity index (χ3v) is 4.93. The van der Waals surface area contributed by atoms with Gasteiger partial charge in [-0.3, -0.25) is 9.59 Å². The van der Waals surface area contributed by atoms with E-state index in [1.165, 1.54) is 0 Å². The standard InChI is InChI=1S/C18H18ClN3O3/c19-14-8-11(3-4-15(14)22-6-5-20-17(23)10-22)21-18(24)13-9-12(13)16-2-1-7-25-16/h1-4,7-8,12-13H,5-6,9-10H2,(H,20,23)(H,21,24). The van der Waals surface area contributed by atoms with Crippen LogP contribution in [0.3, 0.4) is 0 Å². The SMILES string of the molecule is O=C1CN(c2ccc(NC(=O)C3CC3c3ccco3)cc2Cl)CCN1. The van der Waals surface area contributed by atoms with Crippen LogP contribution in [0.5, 0.6) is 0 Å². The van der Waals surface area contributed by atoms with E-state index >= 15 is 0 Å². The Bertz CT molecular complexity index is 806. The van der Waals surface area contributed by atoms with Gasteiger partial charge in [0.05, 0.1) is 23.5 Å². The van der Waals surface area contributed by atoms with Gasteiger partial charge in [0.25, 0.3) is 0 Å². The molecule has 1 saturated carbocycles. The smallest absolute Gasteiger partial charge is 0.239 e. The summed E-state index contributed by atoms with van der Waals surface area (Å²) in [5.41, 5.74) is 1.46. The molecule has 2 heterocycles. The van der Waals surface area contributed by atoms with E-state index in [0.717, 1.165) is 17.9 Å². The van der Waals surface area contributed by atoms with E-state index in [2.05, 4.69) is 10.6 Å². The topological polar surface area (TPSA) is 74.6 Å². The van der Waals surface area contributed by atoms with Crippen molar-refractivity contribution in [3.05, 3.63) is 47.4 Å². The summed E-state index contributed by atoms with van der Waals surface area (Å²) < 4.78 is 5.36. The van der Waals surface area contributed by atoms with Gasteiger partial charge in [0.2, 0.25) is 11.8 Å². The quantitative estimate of drug-likeness (QED) is 0.880. The maximum absolute atomic E-state index is 12.4. The van der Waals surface area contributed by atoms with Crippen LogP contribution < -0.4 is 15.5 Å². The maximum atomic E-state index is 12.4. The molecule has 7 heteroatoms. The second-order valence-corrected chi connectivity index (χ2v) is 6.80. The molecule has 1 aliphatic heterocycles. The van der Waals surface area contributed by atoms with Crippen LogP contribution in [0.25, 0.3) is 0 Å². The third kappa shape index (κ3) is 3.35. The molecule has 0 bridgehead atoms. The first kappa shape index (κ1) is 16.0. The minimum absolute atomic E-state index is 0.0163. The fraction of sp³-hybridized carbons (Fsp3) is 0.333. The Hall–Kier alpha value is -2.47. The van der Waals surface area contributed by atoms with E-state index in [9.17, 15) is 9.59 Å². The average Bonchev–Trinajstić information content (AvgIpc) is 3.21. The Kier molecular flexibility index (Phi) is 4.13. The molecule has 2 N–H and O–H groups in total. The van der Waals surface area contributed by atoms with E-state index in [1.807, 2.05) is 29.2 Å². The molecule has 2 amide bonds. The van der Waals surface area contributed by atoms with Gasteiger partial charge in [0.15, 0.2) is 0 Å². The van der Waals surface area contributed by atoms with Gasteiger partial charge in [-0.2, -0.15) is 0 Å². The minimum atomic E-state index is -0.0598. The Labute approximate surface area is 150 Å². The van der Waals surface area contributed by atoms with Gasteiger partial charge in [-0.15, -0.1) is 0 Å². The highest BCUT2D eigenvalue weighted by atomic mass is 35.5. The summed E-state index contributed by atoms with van der Waals surface area (Å²) in [5, 5.41) is 6.22. The van der Waals surface area contributed by atoms with Gasteiger partial charge < -0.3 is 20.0 Å². The van der Waals surface area contributed by atoms with E-state index in [-0.39, 0.29) is 23.7 Å². The zero-order chi connectivity index (χ0) is 17.4. The lowest BCUT2D eigenvalue weighted by Gasteiger charge is -2.29. The van der Waals surface area contributed by atoms with E-state index in [0.29, 0.717) is 30.3 Å². The molecule has 2 unspecified atom stereocenters. The molecular weight excluding hydrogens is 342 g/mol. The Morgan fingerprint density at radius 3 is 2.96 bits per heavy atom. The molecule has 6 nitrogen and oxygen atoms in total. The van der Waals surface area contributed by atoms with Crippen LogP contribution >= 0.6 is 11.6 Å². The molecule has 0 spiro atoms. The predicted molar refractivity (Wildman–Crippen MR) is 94.9 cm³/mol. The number of nitrogens with one attached hydrogen (secondary N) is 2. The Morgan fingerprint density at radius 1 is 1.36 bits per heavy atom. The molecule has 130 valence electrons. The highest BCUT2D eigenvalue weighted by Gasteiger charge is 2.45. The van der Waals surface area contributed by atoms with Gasteiger partial charge in [0, 0.05) is 30.6 Å². The molecule has 1 aliphatic carbocycles. The van der Waals surface area contributed by atoms with Crippen molar-refractivity contribution in [2.45, 2.75) is 12.3 Å². The molecule has 2 aliphatic rings. The lowest BCUT2D eigenvalue weighted by Crippen LogP contribution is -2.47. The number of furan rings is 1. The highest BCUT2D eigenvalue weighted by Crippen LogP contribution is 2.48. The number of anilines is 2. The molecule has 25 heavy (non-hydrogen) atoms. The van der Waals surface area contributed by atoms with Crippen LogP contribution in [-0.2, 0) is 9.59 Å². The first-order valence-electron chi connectivity index (χ1n) is 8.27. The van der Waals surface area contributed by atoms with Crippen molar-refractivity contribution in [3.8, 4) is 0 Å². The molecular formula is C18H18ClN3O3. The van der Waals surface area contributed by atoms with Gasteiger partial charge >= 0.3 is 0 Å². The number of amides is 2. The number of hydrogen-bond donors (Lipinski definition) is 2. The van der Waals surface area contributed by atoms with Crippen LogP contribution in [0.15, 0.2) is 41.0 Å². The summed E-state index contributed by atoms with van der Waals surface area (Å²) >= 11 is 6.36. The Morgan fingerprint density at radius 2 is 2.24 bits per heavy atom. The summed E-state index contributed by atoms with van der Waals surface area (Å²) in [6, 6.07) is 9.12. The second-order valence-electron chi connectivity index (χ2n) is 6.39. The van der Waals surface area contributed by atoms with E-state index < -0.39 is 0 Å². The van der Waals surface area contributed by atoms with Gasteiger partial charge in [0.1, 0.15) is 5.76 Å². The maximum Gasteiger partial charge on any atom is 0.239 e. The molecule has 2 aromatic rings. The number of rotatable bonds is 4. The third-order valence-electron chi connectivity index (χ3n) is 4.63. The number of halogens is 1. The fourth-order valence-corrected chi connectivity index (χ4v) is 3.52. The van der Waals surface area contributed by atoms with Crippen molar-refractivity contribution in [1.29, 1.82) is 0 Å². The summed E-state index contributed by atoms with van der Waals surface area (Å²) in [6.07, 6.45) is 2.43. The summed E-state index contributed by atoms with van der Waals surface area (Å²) in [7, 11) is 0. The number of carbonyl (C=O) groups is 2. The number of nitrogens with zero attached hydrogens (tertiary/aromatic N) is 1. The van der Waals surface area contributed by atoms with Crippen LogP contribution in [0, 0.1) is 5.92 Å². The van der Waals surface area contributed by atoms with Gasteiger partial charge in [-0.25, -0.2) is 0 Å². The molecule has 1 aromatic carbocycles. The lowest BCUT2D eigenvalue weighted by molar-refractivity contribution is -0.120. The number of benzene rings is 1. The largest absolute Gasteiger partial charge is 0.469 e. The number of carbonyl (C=O) groups excluding carboxylic acids is 2. The molecule has 2 fully saturated rings. The number of hydrogen-bond acceptors (Lipinski definition) is 4. The van der Waals surface area contributed by atoms with E-state index in [4.69, 9.17) is 16.0 Å². The second kappa shape index (κ2) is 6.44. The fourth-order valence-electron chi connectivity index (χ4n) is 3.22. The molecule has 1 saturated heterocycles. The predicted octanol–water partition coefficient (Wildman–Crippen LogP) is 2.61. The van der Waals surface area contributed by atoms with Crippen LogP contribution in [0.4, 0.5) is 11.4 Å². The van der Waals surface area contributed by atoms with Crippen molar-refractivity contribution in [2.24, 2.45) is 5.92 Å².